The minimum absolute atomic E-state index is 0.0712. The summed E-state index contributed by atoms with van der Waals surface area (Å²) in [4.78, 5) is 7.25. The van der Waals surface area contributed by atoms with Crippen molar-refractivity contribution in [1.29, 1.82) is 0 Å². The maximum Gasteiger partial charge on any atom is 0.191 e. The van der Waals surface area contributed by atoms with Gasteiger partial charge in [-0.2, -0.15) is 0 Å². The fourth-order valence-electron chi connectivity index (χ4n) is 4.00. The third-order valence-corrected chi connectivity index (χ3v) is 6.69. The van der Waals surface area contributed by atoms with Gasteiger partial charge in [0.1, 0.15) is 12.4 Å². The summed E-state index contributed by atoms with van der Waals surface area (Å²) in [6.45, 7) is 15.5. The smallest absolute Gasteiger partial charge is 0.191 e. The summed E-state index contributed by atoms with van der Waals surface area (Å²) in [5.41, 5.74) is 0.0712. The highest BCUT2D eigenvalue weighted by atomic mass is 16.5. The average Bonchev–Trinajstić information content (AvgIpc) is 3.08. The van der Waals surface area contributed by atoms with Crippen molar-refractivity contribution in [3.8, 4) is 0 Å². The third kappa shape index (κ3) is 6.40. The van der Waals surface area contributed by atoms with Crippen molar-refractivity contribution in [3.05, 3.63) is 11.6 Å². The van der Waals surface area contributed by atoms with E-state index < -0.39 is 0 Å². The van der Waals surface area contributed by atoms with Gasteiger partial charge in [-0.15, -0.1) is 10.2 Å². The molecule has 2 fully saturated rings. The number of hydrogen-bond donors (Lipinski definition) is 2. The molecule has 2 heterocycles. The predicted molar refractivity (Wildman–Crippen MR) is 122 cm³/mol. The molecule has 0 spiro atoms. The van der Waals surface area contributed by atoms with Crippen LogP contribution in [0.25, 0.3) is 0 Å². The summed E-state index contributed by atoms with van der Waals surface area (Å²) in [5.74, 6) is 2.59. The van der Waals surface area contributed by atoms with Crippen molar-refractivity contribution >= 4 is 5.96 Å². The van der Waals surface area contributed by atoms with Crippen LogP contribution in [0.1, 0.15) is 51.7 Å². The molecule has 3 rings (SSSR count). The molecule has 2 N–H and O–H groups in total. The molecule has 0 bridgehead atoms. The molecule has 1 aliphatic heterocycles. The van der Waals surface area contributed by atoms with E-state index in [1.165, 1.54) is 6.42 Å². The second-order valence-corrected chi connectivity index (χ2v) is 9.24. The van der Waals surface area contributed by atoms with Crippen LogP contribution in [-0.4, -0.2) is 83.8 Å². The van der Waals surface area contributed by atoms with E-state index in [2.05, 4.69) is 46.5 Å². The normalized spacial score (nSPS) is 24.1. The van der Waals surface area contributed by atoms with Gasteiger partial charge in [0.2, 0.25) is 0 Å². The van der Waals surface area contributed by atoms with E-state index in [1.54, 1.807) is 0 Å². The Morgan fingerprint density at radius 3 is 2.71 bits per heavy atom. The number of ether oxygens (including phenoxy) is 2. The van der Waals surface area contributed by atoms with Crippen molar-refractivity contribution in [2.45, 2.75) is 65.6 Å². The number of nitrogens with one attached hydrogen (secondary N) is 2. The lowest BCUT2D eigenvalue weighted by Gasteiger charge is -2.52. The number of hydrogen-bond acceptors (Lipinski definition) is 6. The molecule has 0 amide bonds. The molecule has 0 aromatic carbocycles. The van der Waals surface area contributed by atoms with Crippen molar-refractivity contribution in [2.24, 2.45) is 17.5 Å². The summed E-state index contributed by atoms with van der Waals surface area (Å²) in [6.07, 6.45) is 3.59. The van der Waals surface area contributed by atoms with Crippen molar-refractivity contribution in [3.63, 3.8) is 0 Å². The van der Waals surface area contributed by atoms with E-state index in [0.29, 0.717) is 18.7 Å². The van der Waals surface area contributed by atoms with Gasteiger partial charge in [-0.3, -0.25) is 4.90 Å². The van der Waals surface area contributed by atoms with Crippen LogP contribution >= 0.6 is 0 Å². The van der Waals surface area contributed by atoms with Crippen LogP contribution < -0.4 is 10.6 Å². The van der Waals surface area contributed by atoms with E-state index in [-0.39, 0.29) is 5.41 Å². The highest BCUT2D eigenvalue weighted by Gasteiger charge is 2.49. The Kier molecular flexibility index (Phi) is 8.68. The molecule has 1 saturated heterocycles. The zero-order chi connectivity index (χ0) is 22.3. The second kappa shape index (κ2) is 11.2. The Labute approximate surface area is 187 Å². The molecule has 1 aromatic heterocycles. The van der Waals surface area contributed by atoms with Crippen molar-refractivity contribution < 1.29 is 9.47 Å². The molecule has 2 unspecified atom stereocenters. The lowest BCUT2D eigenvalue weighted by atomic mass is 9.64. The Morgan fingerprint density at radius 2 is 2.06 bits per heavy atom. The lowest BCUT2D eigenvalue weighted by Crippen LogP contribution is -2.63. The number of aliphatic imine (C=N–C) groups is 1. The molecular weight excluding hydrogens is 394 g/mol. The number of guanidine groups is 1. The number of morpholine rings is 1. The highest BCUT2D eigenvalue weighted by Crippen LogP contribution is 2.42. The minimum Gasteiger partial charge on any atom is -0.379 e. The Bertz CT molecular complexity index is 713. The molecule has 9 nitrogen and oxygen atoms in total. The van der Waals surface area contributed by atoms with Gasteiger partial charge in [-0.1, -0.05) is 27.2 Å². The standard InChI is InChI=1S/C22H41N7O2/c1-6-7-12-31-19-15-18(22(19,3)4)25-21(23-8-9-29-10-13-30-14-11-29)24-16-20-27-26-17(2)28(20)5/h18-19H,6-16H2,1-5H3,(H2,23,24,25). The summed E-state index contributed by atoms with van der Waals surface area (Å²) in [5, 5.41) is 15.6. The van der Waals surface area contributed by atoms with Crippen molar-refractivity contribution in [2.75, 3.05) is 46.0 Å². The summed E-state index contributed by atoms with van der Waals surface area (Å²) in [6, 6.07) is 0.329. The van der Waals surface area contributed by atoms with Crippen LogP contribution in [0.3, 0.4) is 0 Å². The average molecular weight is 436 g/mol. The van der Waals surface area contributed by atoms with Gasteiger partial charge >= 0.3 is 0 Å². The van der Waals surface area contributed by atoms with Crippen LogP contribution in [0.15, 0.2) is 4.99 Å². The lowest BCUT2D eigenvalue weighted by molar-refractivity contribution is -0.113. The van der Waals surface area contributed by atoms with Crippen LogP contribution in [0.2, 0.25) is 0 Å². The third-order valence-electron chi connectivity index (χ3n) is 6.69. The van der Waals surface area contributed by atoms with E-state index in [9.17, 15) is 0 Å². The fourth-order valence-corrected chi connectivity index (χ4v) is 4.00. The highest BCUT2D eigenvalue weighted by molar-refractivity contribution is 5.80. The van der Waals surface area contributed by atoms with Crippen LogP contribution in [0, 0.1) is 12.3 Å². The molecule has 1 saturated carbocycles. The molecule has 9 heteroatoms. The molecule has 2 atom stereocenters. The molecule has 0 radical (unpaired) electrons. The zero-order valence-corrected chi connectivity index (χ0v) is 20.0. The minimum atomic E-state index is 0.0712. The molecule has 31 heavy (non-hydrogen) atoms. The topological polar surface area (TPSA) is 88.8 Å². The van der Waals surface area contributed by atoms with Gasteiger partial charge in [0.25, 0.3) is 0 Å². The first kappa shape index (κ1) is 23.9. The van der Waals surface area contributed by atoms with Gasteiger partial charge in [0.15, 0.2) is 11.8 Å². The van der Waals surface area contributed by atoms with Gasteiger partial charge in [0, 0.05) is 51.3 Å². The Morgan fingerprint density at radius 1 is 1.29 bits per heavy atom. The molecule has 1 aromatic rings. The number of aromatic nitrogens is 3. The first-order valence-corrected chi connectivity index (χ1v) is 11.7. The summed E-state index contributed by atoms with van der Waals surface area (Å²) >= 11 is 0. The quantitative estimate of drug-likeness (QED) is 0.327. The Balaban J connectivity index is 1.57. The van der Waals surface area contributed by atoms with Crippen LogP contribution in [0.5, 0.6) is 0 Å². The van der Waals surface area contributed by atoms with Crippen LogP contribution in [-0.2, 0) is 23.1 Å². The predicted octanol–water partition coefficient (Wildman–Crippen LogP) is 1.47. The number of aryl methyl sites for hydroxylation is 1. The van der Waals surface area contributed by atoms with E-state index >= 15 is 0 Å². The SMILES string of the molecule is CCCCOC1CC(NC(=NCc2nnc(C)n2C)NCCN2CCOCC2)C1(C)C. The van der Waals surface area contributed by atoms with Gasteiger partial charge in [-0.25, -0.2) is 4.99 Å². The Hall–Kier alpha value is -1.71. The largest absolute Gasteiger partial charge is 0.379 e. The van der Waals surface area contributed by atoms with E-state index in [0.717, 1.165) is 76.4 Å². The van der Waals surface area contributed by atoms with Crippen molar-refractivity contribution in [1.82, 2.24) is 30.3 Å². The van der Waals surface area contributed by atoms with Crippen LogP contribution in [0.4, 0.5) is 0 Å². The summed E-state index contributed by atoms with van der Waals surface area (Å²) < 4.78 is 13.5. The van der Waals surface area contributed by atoms with Gasteiger partial charge in [-0.05, 0) is 19.8 Å². The number of nitrogens with zero attached hydrogens (tertiary/aromatic N) is 5. The fraction of sp³-hybridized carbons (Fsp3) is 0.864. The molecule has 2 aliphatic rings. The molecule has 176 valence electrons. The molecular formula is C22H41N7O2. The maximum atomic E-state index is 6.11. The zero-order valence-electron chi connectivity index (χ0n) is 20.0. The second-order valence-electron chi connectivity index (χ2n) is 9.24. The number of rotatable bonds is 10. The van der Waals surface area contributed by atoms with E-state index in [1.807, 2.05) is 18.5 Å². The first-order chi connectivity index (χ1) is 14.9. The molecule has 1 aliphatic carbocycles. The van der Waals surface area contributed by atoms with E-state index in [4.69, 9.17) is 14.5 Å². The number of unbranched alkanes of at least 4 members (excludes halogenated alkanes) is 1. The first-order valence-electron chi connectivity index (χ1n) is 11.7. The summed E-state index contributed by atoms with van der Waals surface area (Å²) in [7, 11) is 1.98. The van der Waals surface area contributed by atoms with Gasteiger partial charge < -0.3 is 24.7 Å². The monoisotopic (exact) mass is 435 g/mol. The van der Waals surface area contributed by atoms with Gasteiger partial charge in [0.05, 0.1) is 19.3 Å². The maximum absolute atomic E-state index is 6.11.